The molecule has 0 spiro atoms. The van der Waals surface area contributed by atoms with Crippen LogP contribution in [0.1, 0.15) is 0 Å². The van der Waals surface area contributed by atoms with Gasteiger partial charge in [0.05, 0.1) is 66.6 Å². The molecule has 0 aliphatic rings. The van der Waals surface area contributed by atoms with E-state index in [-0.39, 0.29) is 0 Å². The molecule has 0 aliphatic carbocycles. The summed E-state index contributed by atoms with van der Waals surface area (Å²) in [6.45, 7) is 0. The molecule has 0 amide bonds. The van der Waals surface area contributed by atoms with Gasteiger partial charge in [0.15, 0.2) is 0 Å². The third-order valence-corrected chi connectivity index (χ3v) is 17.3. The minimum Gasteiger partial charge on any atom is -0.309 e. The van der Waals surface area contributed by atoms with Crippen molar-refractivity contribution in [3.63, 3.8) is 0 Å². The summed E-state index contributed by atoms with van der Waals surface area (Å²) in [6, 6.07) is 103. The van der Waals surface area contributed by atoms with Gasteiger partial charge in [-0.3, -0.25) is 9.13 Å². The van der Waals surface area contributed by atoms with E-state index >= 15 is 0 Å². The van der Waals surface area contributed by atoms with Crippen LogP contribution in [0.5, 0.6) is 0 Å². The van der Waals surface area contributed by atoms with Crippen molar-refractivity contribution in [3.8, 4) is 51.2 Å². The van der Waals surface area contributed by atoms with Crippen LogP contribution >= 0.6 is 0 Å². The van der Waals surface area contributed by atoms with Crippen molar-refractivity contribution in [2.45, 2.75) is 0 Å². The van der Waals surface area contributed by atoms with Crippen molar-refractivity contribution >= 4 is 109 Å². The molecule has 0 N–H and O–H groups in total. The molecule has 0 bridgehead atoms. The molecule has 7 heteroatoms. The van der Waals surface area contributed by atoms with E-state index in [4.69, 9.17) is 9.97 Å². The highest BCUT2D eigenvalue weighted by Gasteiger charge is 2.24. The first-order chi connectivity index (χ1) is 41.2. The number of para-hydroxylation sites is 7. The van der Waals surface area contributed by atoms with E-state index in [9.17, 15) is 0 Å². The van der Waals surface area contributed by atoms with Crippen LogP contribution in [-0.2, 0) is 0 Å². The third kappa shape index (κ3) is 6.61. The van der Waals surface area contributed by atoms with Gasteiger partial charge in [0, 0.05) is 82.1 Å². The van der Waals surface area contributed by atoms with Gasteiger partial charge in [-0.25, -0.2) is 9.97 Å². The molecule has 0 radical (unpaired) electrons. The Labute approximate surface area is 475 Å². The van der Waals surface area contributed by atoms with E-state index in [0.717, 1.165) is 95.1 Å². The van der Waals surface area contributed by atoms with E-state index < -0.39 is 0 Å². The highest BCUT2D eigenvalue weighted by atomic mass is 15.1. The van der Waals surface area contributed by atoms with Crippen LogP contribution in [0.4, 0.5) is 0 Å². The molecular weight excluding hydrogens is 1010 g/mol. The van der Waals surface area contributed by atoms with E-state index in [1.807, 2.05) is 0 Å². The zero-order chi connectivity index (χ0) is 54.3. The smallest absolute Gasteiger partial charge is 0.138 e. The van der Waals surface area contributed by atoms with Crippen molar-refractivity contribution in [1.29, 1.82) is 0 Å². The van der Waals surface area contributed by atoms with E-state index in [0.29, 0.717) is 0 Å². The highest BCUT2D eigenvalue weighted by Crippen LogP contribution is 2.45. The van der Waals surface area contributed by atoms with E-state index in [1.165, 1.54) is 65.2 Å². The minimum atomic E-state index is 0.867. The van der Waals surface area contributed by atoms with E-state index in [2.05, 4.69) is 308 Å². The van der Waals surface area contributed by atoms with Gasteiger partial charge in [0.1, 0.15) is 11.6 Å². The number of fused-ring (bicyclic) bond motifs is 17. The summed E-state index contributed by atoms with van der Waals surface area (Å²) < 4.78 is 11.9. The van der Waals surface area contributed by atoms with Crippen molar-refractivity contribution < 1.29 is 0 Å². The molecule has 83 heavy (non-hydrogen) atoms. The van der Waals surface area contributed by atoms with Crippen LogP contribution in [0, 0.1) is 0 Å². The molecule has 0 fully saturated rings. The highest BCUT2D eigenvalue weighted by molar-refractivity contribution is 6.30. The summed E-state index contributed by atoms with van der Waals surface area (Å²) in [4.78, 5) is 11.1. The predicted octanol–water partition coefficient (Wildman–Crippen LogP) is 19.3. The molecular formula is C76H47N7. The van der Waals surface area contributed by atoms with Gasteiger partial charge >= 0.3 is 0 Å². The first-order valence-corrected chi connectivity index (χ1v) is 28.3. The Balaban J connectivity index is 0.792. The van der Waals surface area contributed by atoms with Crippen molar-refractivity contribution in [3.05, 3.63) is 285 Å². The summed E-state index contributed by atoms with van der Waals surface area (Å²) in [5.41, 5.74) is 18.7. The standard InChI is InChI=1S/C76H47N7/c1-4-20-50(21-5-1)79-65-40-38-48(59-30-18-36-71(77-59)82-63-34-16-12-28-55(63)75-69(82)44-42-67-73(75)53-26-10-14-32-61(53)80(67)51-22-6-2-7-23-51)46-57(65)58-47-49(39-41-66(58)79)60-31-19-37-72(78-60)83-64-35-17-13-29-56(64)76-70(83)45-43-68-74(76)54-27-11-15-33-62(54)81(68)52-24-8-3-9-25-52/h1-47H. The predicted molar refractivity (Wildman–Crippen MR) is 345 cm³/mol. The van der Waals surface area contributed by atoms with Crippen molar-refractivity contribution in [1.82, 2.24) is 32.8 Å². The Hall–Kier alpha value is -11.3. The number of nitrogens with zero attached hydrogens (tertiary/aromatic N) is 7. The van der Waals surface area contributed by atoms with Gasteiger partial charge in [-0.2, -0.15) is 0 Å². The second kappa shape index (κ2) is 17.6. The molecule has 0 saturated carbocycles. The molecule has 11 aromatic carbocycles. The lowest BCUT2D eigenvalue weighted by Crippen LogP contribution is -1.98. The first kappa shape index (κ1) is 45.6. The topological polar surface area (TPSA) is 50.4 Å². The van der Waals surface area contributed by atoms with Gasteiger partial charge in [-0.05, 0) is 133 Å². The van der Waals surface area contributed by atoms with Crippen molar-refractivity contribution in [2.24, 2.45) is 0 Å². The number of pyridine rings is 2. The lowest BCUT2D eigenvalue weighted by Gasteiger charge is -2.11. The molecule has 7 heterocycles. The minimum absolute atomic E-state index is 0.867. The van der Waals surface area contributed by atoms with Crippen LogP contribution < -0.4 is 0 Å². The normalized spacial score (nSPS) is 12.1. The largest absolute Gasteiger partial charge is 0.309 e. The molecule has 0 saturated heterocycles. The molecule has 7 nitrogen and oxygen atoms in total. The first-order valence-electron chi connectivity index (χ1n) is 28.3. The fraction of sp³-hybridized carbons (Fsp3) is 0. The molecule has 0 aliphatic heterocycles. The van der Waals surface area contributed by atoms with Crippen LogP contribution in [0.25, 0.3) is 160 Å². The molecule has 0 atom stereocenters. The Morgan fingerprint density at radius 1 is 0.193 bits per heavy atom. The van der Waals surface area contributed by atoms with Gasteiger partial charge in [0.25, 0.3) is 0 Å². The van der Waals surface area contributed by atoms with Crippen molar-refractivity contribution in [2.75, 3.05) is 0 Å². The maximum Gasteiger partial charge on any atom is 0.138 e. The fourth-order valence-electron chi connectivity index (χ4n) is 13.9. The second-order valence-corrected chi connectivity index (χ2v) is 21.7. The van der Waals surface area contributed by atoms with Gasteiger partial charge in [-0.15, -0.1) is 0 Å². The Kier molecular flexibility index (Phi) is 9.67. The number of benzene rings is 11. The fourth-order valence-corrected chi connectivity index (χ4v) is 13.9. The summed E-state index contributed by atoms with van der Waals surface area (Å²) in [5.74, 6) is 1.73. The summed E-state index contributed by atoms with van der Waals surface area (Å²) in [7, 11) is 0. The molecule has 18 rings (SSSR count). The monoisotopic (exact) mass is 1060 g/mol. The lowest BCUT2D eigenvalue weighted by atomic mass is 10.0. The summed E-state index contributed by atoms with van der Waals surface area (Å²) in [6.07, 6.45) is 0. The molecule has 18 aromatic rings. The average Bonchev–Trinajstić information content (AvgIpc) is 1.90. The Morgan fingerprint density at radius 2 is 0.470 bits per heavy atom. The zero-order valence-corrected chi connectivity index (χ0v) is 44.8. The quantitative estimate of drug-likeness (QED) is 0.160. The zero-order valence-electron chi connectivity index (χ0n) is 44.8. The summed E-state index contributed by atoms with van der Waals surface area (Å²) >= 11 is 0. The molecule has 386 valence electrons. The SMILES string of the molecule is c1ccc(-n2c3ccc(-c4cccc(-n5c6ccccc6c6c7c8ccccc8n(-c8ccccc8)c7ccc65)n4)cc3c3cc(-c4cccc(-n5c6ccccc6c6c7c8ccccc8n(-c8ccccc8)c7ccc65)n4)ccc32)cc1. The van der Waals surface area contributed by atoms with Crippen LogP contribution in [-0.4, -0.2) is 32.8 Å². The average molecular weight is 1060 g/mol. The maximum absolute atomic E-state index is 5.56. The Bertz CT molecular complexity index is 5350. The van der Waals surface area contributed by atoms with Gasteiger partial charge < -0.3 is 13.7 Å². The lowest BCUT2D eigenvalue weighted by molar-refractivity contribution is 1.08. The molecule has 0 unspecified atom stereocenters. The van der Waals surface area contributed by atoms with Crippen LogP contribution in [0.3, 0.4) is 0 Å². The van der Waals surface area contributed by atoms with Crippen LogP contribution in [0.15, 0.2) is 285 Å². The van der Waals surface area contributed by atoms with Crippen LogP contribution in [0.2, 0.25) is 0 Å². The number of rotatable bonds is 7. The van der Waals surface area contributed by atoms with Gasteiger partial charge in [-0.1, -0.05) is 152 Å². The molecule has 7 aromatic heterocycles. The second-order valence-electron chi connectivity index (χ2n) is 21.7. The van der Waals surface area contributed by atoms with Gasteiger partial charge in [0.2, 0.25) is 0 Å². The number of aromatic nitrogens is 7. The summed E-state index contributed by atoms with van der Waals surface area (Å²) in [5, 5.41) is 12.1. The van der Waals surface area contributed by atoms with E-state index in [1.54, 1.807) is 0 Å². The third-order valence-electron chi connectivity index (χ3n) is 17.3. The maximum atomic E-state index is 5.56. The number of hydrogen-bond acceptors (Lipinski definition) is 2. The Morgan fingerprint density at radius 3 is 0.831 bits per heavy atom. The number of hydrogen-bond donors (Lipinski definition) is 0.